The lowest BCUT2D eigenvalue weighted by molar-refractivity contribution is 0.437. The van der Waals surface area contributed by atoms with Gasteiger partial charge >= 0.3 is 0 Å². The number of nitrogen functional groups attached to an aromatic ring is 1. The van der Waals surface area contributed by atoms with Crippen molar-refractivity contribution >= 4 is 5.69 Å². The molecule has 2 nitrogen and oxygen atoms in total. The summed E-state index contributed by atoms with van der Waals surface area (Å²) in [4.78, 5) is 0. The molecule has 0 aromatic heterocycles. The monoisotopic (exact) mass is 221 g/mol. The summed E-state index contributed by atoms with van der Waals surface area (Å²) < 4.78 is 31.3. The predicted octanol–water partition coefficient (Wildman–Crippen LogP) is 3.34. The number of benzene rings is 2. The van der Waals surface area contributed by atoms with Crippen molar-refractivity contribution in [2.24, 2.45) is 0 Å². The molecule has 0 aliphatic rings. The van der Waals surface area contributed by atoms with E-state index in [1.54, 1.807) is 18.2 Å². The second-order valence-electron chi connectivity index (χ2n) is 3.25. The molecule has 0 radical (unpaired) electrons. The van der Waals surface area contributed by atoms with Gasteiger partial charge in [0, 0.05) is 17.8 Å². The van der Waals surface area contributed by atoms with Gasteiger partial charge in [-0.25, -0.2) is 8.78 Å². The van der Waals surface area contributed by atoms with Crippen LogP contribution in [-0.2, 0) is 0 Å². The van der Waals surface area contributed by atoms with Crippen molar-refractivity contribution in [3.63, 3.8) is 0 Å². The first kappa shape index (κ1) is 10.4. The molecule has 82 valence electrons. The van der Waals surface area contributed by atoms with E-state index >= 15 is 0 Å². The molecule has 2 aromatic carbocycles. The van der Waals surface area contributed by atoms with E-state index < -0.39 is 11.6 Å². The lowest BCUT2D eigenvalue weighted by Crippen LogP contribution is -1.91. The average molecular weight is 221 g/mol. The Labute approximate surface area is 91.3 Å². The van der Waals surface area contributed by atoms with Gasteiger partial charge in [0.15, 0.2) is 11.6 Å². The van der Waals surface area contributed by atoms with Crippen LogP contribution in [0.15, 0.2) is 42.5 Å². The molecule has 0 spiro atoms. The maximum absolute atomic E-state index is 13.2. The van der Waals surface area contributed by atoms with Gasteiger partial charge in [-0.1, -0.05) is 6.07 Å². The summed E-state index contributed by atoms with van der Waals surface area (Å²) in [7, 11) is 0. The van der Waals surface area contributed by atoms with Crippen LogP contribution in [0.1, 0.15) is 0 Å². The molecule has 0 amide bonds. The van der Waals surface area contributed by atoms with E-state index in [0.717, 1.165) is 18.2 Å². The number of ether oxygens (including phenoxy) is 1. The molecule has 0 saturated heterocycles. The van der Waals surface area contributed by atoms with E-state index in [1.807, 2.05) is 0 Å². The molecule has 0 bridgehead atoms. The molecule has 0 aliphatic heterocycles. The zero-order valence-electron chi connectivity index (χ0n) is 8.28. The van der Waals surface area contributed by atoms with Crippen molar-refractivity contribution in [3.05, 3.63) is 54.1 Å². The van der Waals surface area contributed by atoms with Crippen molar-refractivity contribution in [2.75, 3.05) is 5.73 Å². The SMILES string of the molecule is Nc1cccc(Oc2cc(F)ccc2F)c1. The minimum absolute atomic E-state index is 0.161. The van der Waals surface area contributed by atoms with Crippen molar-refractivity contribution in [1.29, 1.82) is 0 Å². The zero-order valence-corrected chi connectivity index (χ0v) is 8.28. The Balaban J connectivity index is 2.30. The number of hydrogen-bond donors (Lipinski definition) is 1. The fourth-order valence-corrected chi connectivity index (χ4v) is 1.26. The van der Waals surface area contributed by atoms with Crippen molar-refractivity contribution in [1.82, 2.24) is 0 Å². The topological polar surface area (TPSA) is 35.2 Å². The Morgan fingerprint density at radius 1 is 1.00 bits per heavy atom. The van der Waals surface area contributed by atoms with Gasteiger partial charge in [-0.3, -0.25) is 0 Å². The Kier molecular flexibility index (Phi) is 2.72. The fraction of sp³-hybridized carbons (Fsp3) is 0. The number of anilines is 1. The number of hydrogen-bond acceptors (Lipinski definition) is 2. The smallest absolute Gasteiger partial charge is 0.165 e. The summed E-state index contributed by atoms with van der Waals surface area (Å²) in [5, 5.41) is 0. The maximum atomic E-state index is 13.2. The average Bonchev–Trinajstić information content (AvgIpc) is 2.24. The number of halogens is 2. The summed E-state index contributed by atoms with van der Waals surface area (Å²) in [6.07, 6.45) is 0. The van der Waals surface area contributed by atoms with Gasteiger partial charge in [0.05, 0.1) is 0 Å². The first-order valence-corrected chi connectivity index (χ1v) is 4.63. The zero-order chi connectivity index (χ0) is 11.5. The quantitative estimate of drug-likeness (QED) is 0.789. The van der Waals surface area contributed by atoms with Crippen LogP contribution in [0.4, 0.5) is 14.5 Å². The Morgan fingerprint density at radius 2 is 1.81 bits per heavy atom. The highest BCUT2D eigenvalue weighted by Gasteiger charge is 2.06. The molecule has 4 heteroatoms. The van der Waals surface area contributed by atoms with E-state index in [9.17, 15) is 8.78 Å². The second-order valence-corrected chi connectivity index (χ2v) is 3.25. The lowest BCUT2D eigenvalue weighted by Gasteiger charge is -2.07. The molecule has 0 unspecified atom stereocenters. The summed E-state index contributed by atoms with van der Waals surface area (Å²) in [6.45, 7) is 0. The van der Waals surface area contributed by atoms with E-state index in [0.29, 0.717) is 11.4 Å². The van der Waals surface area contributed by atoms with Gasteiger partial charge in [-0.05, 0) is 24.3 Å². The third-order valence-corrected chi connectivity index (χ3v) is 1.98. The molecular formula is C12H9F2NO. The molecule has 0 heterocycles. The summed E-state index contributed by atoms with van der Waals surface area (Å²) >= 11 is 0. The molecule has 0 aliphatic carbocycles. The summed E-state index contributed by atoms with van der Waals surface area (Å²) in [5.74, 6) is -0.973. The van der Waals surface area contributed by atoms with Gasteiger partial charge in [-0.2, -0.15) is 0 Å². The van der Waals surface area contributed by atoms with E-state index in [4.69, 9.17) is 10.5 Å². The number of rotatable bonds is 2. The molecular weight excluding hydrogens is 212 g/mol. The highest BCUT2D eigenvalue weighted by Crippen LogP contribution is 2.26. The highest BCUT2D eigenvalue weighted by molar-refractivity contribution is 5.45. The maximum Gasteiger partial charge on any atom is 0.165 e. The first-order valence-electron chi connectivity index (χ1n) is 4.63. The minimum Gasteiger partial charge on any atom is -0.454 e. The van der Waals surface area contributed by atoms with Gasteiger partial charge in [0.25, 0.3) is 0 Å². The molecule has 2 N–H and O–H groups in total. The molecule has 0 fully saturated rings. The Morgan fingerprint density at radius 3 is 2.56 bits per heavy atom. The van der Waals surface area contributed by atoms with Gasteiger partial charge in [0.1, 0.15) is 11.6 Å². The third-order valence-electron chi connectivity index (χ3n) is 1.98. The molecule has 16 heavy (non-hydrogen) atoms. The van der Waals surface area contributed by atoms with Crippen LogP contribution < -0.4 is 10.5 Å². The second kappa shape index (κ2) is 4.18. The van der Waals surface area contributed by atoms with E-state index in [1.165, 1.54) is 6.07 Å². The number of nitrogens with two attached hydrogens (primary N) is 1. The molecule has 0 saturated carbocycles. The van der Waals surface area contributed by atoms with Crippen LogP contribution in [0, 0.1) is 11.6 Å². The van der Waals surface area contributed by atoms with Gasteiger partial charge < -0.3 is 10.5 Å². The van der Waals surface area contributed by atoms with Crippen LogP contribution in [0.25, 0.3) is 0 Å². The van der Waals surface area contributed by atoms with Gasteiger partial charge in [-0.15, -0.1) is 0 Å². The first-order chi connectivity index (χ1) is 7.65. The summed E-state index contributed by atoms with van der Waals surface area (Å²) in [5.41, 5.74) is 6.03. The normalized spacial score (nSPS) is 10.1. The van der Waals surface area contributed by atoms with E-state index in [2.05, 4.69) is 0 Å². The molecule has 0 atom stereocenters. The minimum atomic E-state index is -0.621. The Hall–Kier alpha value is -2.10. The van der Waals surface area contributed by atoms with Crippen LogP contribution in [0.5, 0.6) is 11.5 Å². The van der Waals surface area contributed by atoms with Crippen LogP contribution in [0.3, 0.4) is 0 Å². The fourth-order valence-electron chi connectivity index (χ4n) is 1.26. The van der Waals surface area contributed by atoms with Crippen LogP contribution in [-0.4, -0.2) is 0 Å². The third kappa shape index (κ3) is 2.28. The standard InChI is InChI=1S/C12H9F2NO/c13-8-4-5-11(14)12(6-8)16-10-3-1-2-9(15)7-10/h1-7H,15H2. The van der Waals surface area contributed by atoms with Crippen molar-refractivity contribution < 1.29 is 13.5 Å². The lowest BCUT2D eigenvalue weighted by atomic mass is 10.3. The largest absolute Gasteiger partial charge is 0.454 e. The summed E-state index contributed by atoms with van der Waals surface area (Å²) in [6, 6.07) is 9.51. The van der Waals surface area contributed by atoms with Crippen LogP contribution >= 0.6 is 0 Å². The highest BCUT2D eigenvalue weighted by atomic mass is 19.1. The predicted molar refractivity (Wildman–Crippen MR) is 57.3 cm³/mol. The van der Waals surface area contributed by atoms with Crippen molar-refractivity contribution in [2.45, 2.75) is 0 Å². The van der Waals surface area contributed by atoms with Crippen molar-refractivity contribution in [3.8, 4) is 11.5 Å². The van der Waals surface area contributed by atoms with Crippen LogP contribution in [0.2, 0.25) is 0 Å². The van der Waals surface area contributed by atoms with E-state index in [-0.39, 0.29) is 5.75 Å². The van der Waals surface area contributed by atoms with Gasteiger partial charge in [0.2, 0.25) is 0 Å². The Bertz CT molecular complexity index is 514. The molecule has 2 rings (SSSR count). The molecule has 2 aromatic rings.